The van der Waals surface area contributed by atoms with Crippen LogP contribution in [0.4, 0.5) is 0 Å². The largest absolute Gasteiger partial charge is 0.334 e. The first-order valence-corrected chi connectivity index (χ1v) is 8.51. The highest BCUT2D eigenvalue weighted by Crippen LogP contribution is 2.48. The molecule has 116 valence electrons. The van der Waals surface area contributed by atoms with Crippen LogP contribution in [0, 0.1) is 5.41 Å². The second kappa shape index (κ2) is 4.97. The van der Waals surface area contributed by atoms with Crippen molar-refractivity contribution in [3.8, 4) is 0 Å². The van der Waals surface area contributed by atoms with Crippen LogP contribution >= 0.6 is 0 Å². The molecule has 0 radical (unpaired) electrons. The van der Waals surface area contributed by atoms with Gasteiger partial charge in [-0.05, 0) is 50.5 Å². The summed E-state index contributed by atoms with van der Waals surface area (Å²) in [6.45, 7) is 3.41. The molecule has 4 rings (SSSR count). The van der Waals surface area contributed by atoms with E-state index in [1.54, 1.807) is 0 Å². The van der Waals surface area contributed by atoms with Crippen LogP contribution in [0.3, 0.4) is 0 Å². The molecular formula is C16H25N3O2. The molecule has 3 aliphatic heterocycles. The minimum absolute atomic E-state index is 0.231. The van der Waals surface area contributed by atoms with Crippen LogP contribution in [0.2, 0.25) is 0 Å². The number of nitrogens with one attached hydrogen (secondary N) is 1. The van der Waals surface area contributed by atoms with Crippen LogP contribution in [-0.4, -0.2) is 59.9 Å². The Hall–Kier alpha value is -1.10. The van der Waals surface area contributed by atoms with Crippen LogP contribution in [0.15, 0.2) is 0 Å². The van der Waals surface area contributed by atoms with Crippen molar-refractivity contribution in [2.75, 3.05) is 26.2 Å². The average Bonchev–Trinajstić information content (AvgIpc) is 2.98. The Morgan fingerprint density at radius 3 is 2.52 bits per heavy atom. The third kappa shape index (κ3) is 2.17. The maximum absolute atomic E-state index is 12.7. The molecule has 21 heavy (non-hydrogen) atoms. The fourth-order valence-electron chi connectivity index (χ4n) is 4.75. The van der Waals surface area contributed by atoms with Crippen molar-refractivity contribution < 1.29 is 9.59 Å². The second-order valence-electron chi connectivity index (χ2n) is 7.42. The third-order valence-electron chi connectivity index (χ3n) is 6.21. The third-order valence-corrected chi connectivity index (χ3v) is 6.21. The van der Waals surface area contributed by atoms with Gasteiger partial charge in [-0.2, -0.15) is 0 Å². The number of hydrogen-bond donors (Lipinski definition) is 1. The molecule has 4 fully saturated rings. The fourth-order valence-corrected chi connectivity index (χ4v) is 4.75. The number of carbonyl (C=O) groups excluding carboxylic acids is 2. The predicted octanol–water partition coefficient (Wildman–Crippen LogP) is 0.742. The van der Waals surface area contributed by atoms with E-state index in [4.69, 9.17) is 0 Å². The number of likely N-dealkylation sites (tertiary alicyclic amines) is 1. The van der Waals surface area contributed by atoms with Crippen molar-refractivity contribution in [1.82, 2.24) is 15.1 Å². The second-order valence-corrected chi connectivity index (χ2v) is 7.42. The molecule has 3 saturated heterocycles. The molecule has 0 aromatic heterocycles. The van der Waals surface area contributed by atoms with Gasteiger partial charge in [0, 0.05) is 31.7 Å². The highest BCUT2D eigenvalue weighted by molar-refractivity contribution is 6.35. The highest BCUT2D eigenvalue weighted by Gasteiger charge is 2.47. The van der Waals surface area contributed by atoms with Crippen molar-refractivity contribution >= 4 is 11.8 Å². The molecule has 0 aromatic carbocycles. The molecule has 2 unspecified atom stereocenters. The zero-order chi connectivity index (χ0) is 14.4. The summed E-state index contributed by atoms with van der Waals surface area (Å²) in [5, 5.41) is 3.38. The Morgan fingerprint density at radius 1 is 1.00 bits per heavy atom. The fraction of sp³-hybridized carbons (Fsp3) is 0.875. The van der Waals surface area contributed by atoms with Crippen LogP contribution in [0.1, 0.15) is 44.9 Å². The Bertz CT molecular complexity index is 446. The smallest absolute Gasteiger partial charge is 0.312 e. The van der Waals surface area contributed by atoms with Gasteiger partial charge in [-0.15, -0.1) is 0 Å². The van der Waals surface area contributed by atoms with E-state index in [1.807, 2.05) is 9.80 Å². The molecule has 1 N–H and O–H groups in total. The van der Waals surface area contributed by atoms with Gasteiger partial charge < -0.3 is 15.1 Å². The van der Waals surface area contributed by atoms with Crippen molar-refractivity contribution in [3.63, 3.8) is 0 Å². The lowest BCUT2D eigenvalue weighted by Gasteiger charge is -2.38. The average molecular weight is 291 g/mol. The normalized spacial score (nSPS) is 33.9. The maximum atomic E-state index is 12.7. The quantitative estimate of drug-likeness (QED) is 0.670. The Morgan fingerprint density at radius 2 is 1.81 bits per heavy atom. The van der Waals surface area contributed by atoms with E-state index in [-0.39, 0.29) is 23.9 Å². The molecule has 1 spiro atoms. The minimum atomic E-state index is -0.238. The first-order chi connectivity index (χ1) is 10.2. The molecule has 2 atom stereocenters. The van der Waals surface area contributed by atoms with Gasteiger partial charge in [0.1, 0.15) is 0 Å². The molecule has 2 amide bonds. The lowest BCUT2D eigenvalue weighted by molar-refractivity contribution is -0.153. The summed E-state index contributed by atoms with van der Waals surface area (Å²) in [4.78, 5) is 29.1. The molecule has 5 heteroatoms. The number of hydrogen-bond acceptors (Lipinski definition) is 3. The number of amides is 2. The van der Waals surface area contributed by atoms with Gasteiger partial charge in [0.2, 0.25) is 0 Å². The van der Waals surface area contributed by atoms with E-state index < -0.39 is 0 Å². The summed E-state index contributed by atoms with van der Waals surface area (Å²) < 4.78 is 0. The van der Waals surface area contributed by atoms with Gasteiger partial charge in [-0.1, -0.05) is 6.42 Å². The summed E-state index contributed by atoms with van der Waals surface area (Å²) in [6.07, 6.45) is 7.96. The zero-order valence-corrected chi connectivity index (χ0v) is 12.6. The number of fused-ring (bicyclic) bond motifs is 2. The molecule has 2 bridgehead atoms. The molecular weight excluding hydrogens is 266 g/mol. The number of nitrogens with zero attached hydrogens (tertiary/aromatic N) is 2. The summed E-state index contributed by atoms with van der Waals surface area (Å²) in [6, 6.07) is 0.510. The van der Waals surface area contributed by atoms with Crippen LogP contribution < -0.4 is 5.32 Å². The Balaban J connectivity index is 1.45. The summed E-state index contributed by atoms with van der Waals surface area (Å²) in [5.74, 6) is -0.472. The minimum Gasteiger partial charge on any atom is -0.334 e. The molecule has 0 aromatic rings. The van der Waals surface area contributed by atoms with Gasteiger partial charge in [0.15, 0.2) is 0 Å². The van der Waals surface area contributed by atoms with Gasteiger partial charge in [0.05, 0.1) is 0 Å². The Kier molecular flexibility index (Phi) is 3.21. The lowest BCUT2D eigenvalue weighted by Crippen LogP contribution is -2.50. The Labute approximate surface area is 126 Å². The number of carbonyl (C=O) groups is 2. The van der Waals surface area contributed by atoms with Crippen molar-refractivity contribution in [2.45, 2.75) is 57.0 Å². The van der Waals surface area contributed by atoms with E-state index >= 15 is 0 Å². The standard InChI is InChI=1S/C16H25N3O2/c20-14(18-9-7-16(11-18)5-1-6-16)15(21)19-12-2-3-13(19)10-17-8-4-12/h12-13,17H,1-11H2. The summed E-state index contributed by atoms with van der Waals surface area (Å²) in [5.41, 5.74) is 0.370. The van der Waals surface area contributed by atoms with E-state index in [0.717, 1.165) is 51.9 Å². The predicted molar refractivity (Wildman–Crippen MR) is 78.6 cm³/mol. The monoisotopic (exact) mass is 291 g/mol. The molecule has 1 aliphatic carbocycles. The van der Waals surface area contributed by atoms with Crippen LogP contribution in [0.5, 0.6) is 0 Å². The summed E-state index contributed by atoms with van der Waals surface area (Å²) >= 11 is 0. The maximum Gasteiger partial charge on any atom is 0.312 e. The van der Waals surface area contributed by atoms with Crippen molar-refractivity contribution in [2.24, 2.45) is 5.41 Å². The van der Waals surface area contributed by atoms with E-state index in [1.165, 1.54) is 19.3 Å². The first-order valence-electron chi connectivity index (χ1n) is 8.51. The van der Waals surface area contributed by atoms with Crippen molar-refractivity contribution in [1.29, 1.82) is 0 Å². The van der Waals surface area contributed by atoms with Crippen LogP contribution in [0.25, 0.3) is 0 Å². The molecule has 4 aliphatic rings. The van der Waals surface area contributed by atoms with Crippen LogP contribution in [-0.2, 0) is 9.59 Å². The van der Waals surface area contributed by atoms with Gasteiger partial charge in [-0.3, -0.25) is 9.59 Å². The van der Waals surface area contributed by atoms with E-state index in [0.29, 0.717) is 5.41 Å². The van der Waals surface area contributed by atoms with Crippen molar-refractivity contribution in [3.05, 3.63) is 0 Å². The van der Waals surface area contributed by atoms with Gasteiger partial charge in [0.25, 0.3) is 0 Å². The number of rotatable bonds is 0. The van der Waals surface area contributed by atoms with E-state index in [2.05, 4.69) is 5.32 Å². The van der Waals surface area contributed by atoms with E-state index in [9.17, 15) is 9.59 Å². The summed E-state index contributed by atoms with van der Waals surface area (Å²) in [7, 11) is 0. The van der Waals surface area contributed by atoms with Gasteiger partial charge in [-0.25, -0.2) is 0 Å². The molecule has 5 nitrogen and oxygen atoms in total. The first kappa shape index (κ1) is 13.6. The SMILES string of the molecule is O=C(C(=O)N1C2CCNCC1CC2)N1CCC2(CCC2)C1. The lowest BCUT2D eigenvalue weighted by atomic mass is 9.68. The molecule has 1 saturated carbocycles. The highest BCUT2D eigenvalue weighted by atomic mass is 16.2. The topological polar surface area (TPSA) is 52.7 Å². The zero-order valence-electron chi connectivity index (χ0n) is 12.6. The van der Waals surface area contributed by atoms with Gasteiger partial charge >= 0.3 is 11.8 Å². The molecule has 3 heterocycles.